The van der Waals surface area contributed by atoms with Crippen molar-refractivity contribution in [1.29, 1.82) is 5.26 Å². The Labute approximate surface area is 218 Å². The van der Waals surface area contributed by atoms with Crippen LogP contribution in [0.5, 0.6) is 0 Å². The van der Waals surface area contributed by atoms with Crippen molar-refractivity contribution in [2.24, 2.45) is 5.92 Å². The molecule has 0 bridgehead atoms. The summed E-state index contributed by atoms with van der Waals surface area (Å²) in [6.45, 7) is 10.0. The molecule has 2 unspecified atom stereocenters. The molecule has 0 aromatic carbocycles. The summed E-state index contributed by atoms with van der Waals surface area (Å²) in [5.41, 5.74) is 6.67. The molecule has 3 N–H and O–H groups in total. The molecule has 0 radical (unpaired) electrons. The highest BCUT2D eigenvalue weighted by atomic mass is 16.6. The Morgan fingerprint density at radius 3 is 2.16 bits per heavy atom. The number of nitrogen functional groups attached to an aromatic ring is 1. The van der Waals surface area contributed by atoms with Crippen molar-refractivity contribution in [2.75, 3.05) is 45.1 Å². The van der Waals surface area contributed by atoms with Crippen molar-refractivity contribution in [3.63, 3.8) is 0 Å². The molecular weight excluding hydrogens is 476 g/mol. The van der Waals surface area contributed by atoms with E-state index in [1.165, 1.54) is 6.08 Å². The standard InChI is InChI=1S/C13H20N4O2.C13H18N2O3/c1-2-8-19-13(18)17-6-3-4-10(5-7-17)11-9-12(14)16-15-11;1-2-10-18-13(17)15-8-3-4-11(6-9-15)12(16)5-7-14/h2,9-10H,1,3-8H2,(H3,14,15,16);2,11H,1,3-6,8-10H2. The zero-order valence-electron chi connectivity index (χ0n) is 21.4. The lowest BCUT2D eigenvalue weighted by molar-refractivity contribution is -0.122. The minimum atomic E-state index is -0.358. The monoisotopic (exact) mass is 514 g/mol. The van der Waals surface area contributed by atoms with E-state index < -0.39 is 0 Å². The number of carbonyl (C=O) groups excluding carboxylic acids is 3. The Morgan fingerprint density at radius 1 is 1.03 bits per heavy atom. The van der Waals surface area contributed by atoms with Crippen LogP contribution in [0.4, 0.5) is 15.4 Å². The number of nitrogens with two attached hydrogens (primary N) is 1. The molecule has 2 fully saturated rings. The van der Waals surface area contributed by atoms with E-state index in [1.807, 2.05) is 12.1 Å². The third-order valence-electron chi connectivity index (χ3n) is 6.39. The zero-order valence-corrected chi connectivity index (χ0v) is 21.4. The minimum Gasteiger partial charge on any atom is -0.445 e. The minimum absolute atomic E-state index is 0.0150. The molecule has 2 aliphatic rings. The molecule has 2 amide bonds. The molecule has 2 atom stereocenters. The molecule has 37 heavy (non-hydrogen) atoms. The van der Waals surface area contributed by atoms with Gasteiger partial charge in [-0.3, -0.25) is 9.89 Å². The van der Waals surface area contributed by atoms with Crippen molar-refractivity contribution in [3.05, 3.63) is 37.1 Å². The van der Waals surface area contributed by atoms with Crippen LogP contribution in [0, 0.1) is 17.2 Å². The Balaban J connectivity index is 0.000000261. The number of hydrogen-bond acceptors (Lipinski definition) is 8. The van der Waals surface area contributed by atoms with Gasteiger partial charge in [-0.25, -0.2) is 9.59 Å². The summed E-state index contributed by atoms with van der Waals surface area (Å²) in [6.07, 6.45) is 7.44. The van der Waals surface area contributed by atoms with Crippen molar-refractivity contribution in [2.45, 2.75) is 50.9 Å². The van der Waals surface area contributed by atoms with Crippen molar-refractivity contribution < 1.29 is 23.9 Å². The van der Waals surface area contributed by atoms with E-state index >= 15 is 0 Å². The molecule has 3 heterocycles. The van der Waals surface area contributed by atoms with Crippen molar-refractivity contribution in [3.8, 4) is 6.07 Å². The number of aromatic nitrogens is 2. The first-order chi connectivity index (χ1) is 17.9. The second kappa shape index (κ2) is 16.0. The number of nitrogens with zero attached hydrogens (tertiary/aromatic N) is 4. The lowest BCUT2D eigenvalue weighted by Crippen LogP contribution is -2.32. The number of Topliss-reactive ketones (excluding diaryl/α,β-unsaturated/α-hetero) is 1. The zero-order chi connectivity index (χ0) is 27.0. The van der Waals surface area contributed by atoms with Gasteiger partial charge in [0.1, 0.15) is 24.8 Å². The molecule has 11 nitrogen and oxygen atoms in total. The Kier molecular flexibility index (Phi) is 12.8. The maximum absolute atomic E-state index is 11.8. The number of anilines is 1. The highest BCUT2D eigenvalue weighted by Gasteiger charge is 2.25. The fourth-order valence-corrected chi connectivity index (χ4v) is 4.42. The number of H-pyrrole nitrogens is 1. The van der Waals surface area contributed by atoms with Gasteiger partial charge in [0, 0.05) is 49.8 Å². The fraction of sp³-hybridized carbons (Fsp3) is 0.577. The number of aromatic amines is 1. The number of ketones is 1. The Morgan fingerprint density at radius 2 is 1.62 bits per heavy atom. The molecule has 0 spiro atoms. The molecule has 1 aromatic rings. The van der Waals surface area contributed by atoms with Gasteiger partial charge in [0.25, 0.3) is 0 Å². The van der Waals surface area contributed by atoms with Crippen LogP contribution in [0.3, 0.4) is 0 Å². The SMILES string of the molecule is C=CCOC(=O)N1CCCC(C(=O)CC#N)CC1.C=CCOC(=O)N1CCCC(c2cc(N)n[nH]2)CC1. The third kappa shape index (κ3) is 9.99. The summed E-state index contributed by atoms with van der Waals surface area (Å²) in [5.74, 6) is 0.782. The van der Waals surface area contributed by atoms with E-state index in [-0.39, 0.29) is 43.5 Å². The Bertz CT molecular complexity index is 955. The van der Waals surface area contributed by atoms with Crippen LogP contribution in [-0.4, -0.2) is 77.4 Å². The van der Waals surface area contributed by atoms with Gasteiger partial charge in [-0.1, -0.05) is 25.3 Å². The summed E-state index contributed by atoms with van der Waals surface area (Å²) in [7, 11) is 0. The lowest BCUT2D eigenvalue weighted by atomic mass is 9.94. The number of hydrogen-bond donors (Lipinski definition) is 2. The maximum atomic E-state index is 11.8. The summed E-state index contributed by atoms with van der Waals surface area (Å²) in [5, 5.41) is 15.4. The first-order valence-corrected chi connectivity index (χ1v) is 12.6. The number of nitrogens with one attached hydrogen (secondary N) is 1. The summed E-state index contributed by atoms with van der Waals surface area (Å²) < 4.78 is 10.0. The van der Waals surface area contributed by atoms with Gasteiger partial charge in [-0.05, 0) is 38.5 Å². The number of carbonyl (C=O) groups is 3. The molecular formula is C26H38N6O5. The second-order valence-electron chi connectivity index (χ2n) is 9.01. The van der Waals surface area contributed by atoms with E-state index in [9.17, 15) is 14.4 Å². The van der Waals surface area contributed by atoms with Gasteiger partial charge in [-0.15, -0.1) is 0 Å². The molecule has 1 aromatic heterocycles. The first kappa shape index (κ1) is 29.4. The average Bonchev–Trinajstić information content (AvgIpc) is 3.09. The van der Waals surface area contributed by atoms with Crippen LogP contribution in [0.1, 0.15) is 56.6 Å². The van der Waals surface area contributed by atoms with Crippen LogP contribution < -0.4 is 5.73 Å². The number of ether oxygens (including phenoxy) is 2. The topological polar surface area (TPSA) is 155 Å². The van der Waals surface area contributed by atoms with Crippen LogP contribution in [-0.2, 0) is 14.3 Å². The normalized spacial score (nSPS) is 19.6. The van der Waals surface area contributed by atoms with Gasteiger partial charge in [0.2, 0.25) is 0 Å². The largest absolute Gasteiger partial charge is 0.445 e. The quantitative estimate of drug-likeness (QED) is 0.521. The van der Waals surface area contributed by atoms with Crippen LogP contribution in [0.15, 0.2) is 31.4 Å². The van der Waals surface area contributed by atoms with E-state index in [2.05, 4.69) is 23.4 Å². The van der Waals surface area contributed by atoms with Gasteiger partial charge < -0.3 is 25.0 Å². The first-order valence-electron chi connectivity index (χ1n) is 12.6. The van der Waals surface area contributed by atoms with Gasteiger partial charge in [0.05, 0.1) is 12.5 Å². The van der Waals surface area contributed by atoms with Crippen LogP contribution in [0.2, 0.25) is 0 Å². The number of nitriles is 1. The summed E-state index contributed by atoms with van der Waals surface area (Å²) in [4.78, 5) is 38.4. The summed E-state index contributed by atoms with van der Waals surface area (Å²) in [6, 6.07) is 3.75. The number of amides is 2. The molecule has 11 heteroatoms. The number of rotatable bonds is 7. The number of likely N-dealkylation sites (tertiary alicyclic amines) is 2. The molecule has 3 rings (SSSR count). The van der Waals surface area contributed by atoms with Gasteiger partial charge in [-0.2, -0.15) is 10.4 Å². The molecule has 202 valence electrons. The molecule has 0 saturated carbocycles. The van der Waals surface area contributed by atoms with E-state index in [0.29, 0.717) is 37.8 Å². The van der Waals surface area contributed by atoms with E-state index in [4.69, 9.17) is 20.5 Å². The second-order valence-corrected chi connectivity index (χ2v) is 9.01. The predicted molar refractivity (Wildman–Crippen MR) is 138 cm³/mol. The van der Waals surface area contributed by atoms with Crippen LogP contribution in [0.25, 0.3) is 0 Å². The molecule has 0 aliphatic carbocycles. The highest BCUT2D eigenvalue weighted by Crippen LogP contribution is 2.27. The van der Waals surface area contributed by atoms with E-state index in [1.54, 1.807) is 15.9 Å². The van der Waals surface area contributed by atoms with Crippen LogP contribution >= 0.6 is 0 Å². The highest BCUT2D eigenvalue weighted by molar-refractivity contribution is 5.83. The summed E-state index contributed by atoms with van der Waals surface area (Å²) >= 11 is 0. The Hall–Kier alpha value is -3.81. The fourth-order valence-electron chi connectivity index (χ4n) is 4.42. The molecule has 2 aliphatic heterocycles. The predicted octanol–water partition coefficient (Wildman–Crippen LogP) is 3.78. The van der Waals surface area contributed by atoms with Crippen molar-refractivity contribution in [1.82, 2.24) is 20.0 Å². The van der Waals surface area contributed by atoms with Crippen molar-refractivity contribution >= 4 is 23.8 Å². The average molecular weight is 515 g/mol. The molecule has 2 saturated heterocycles. The lowest BCUT2D eigenvalue weighted by Gasteiger charge is -2.19. The van der Waals surface area contributed by atoms with Gasteiger partial charge >= 0.3 is 12.2 Å². The smallest absolute Gasteiger partial charge is 0.410 e. The maximum Gasteiger partial charge on any atom is 0.410 e. The third-order valence-corrected chi connectivity index (χ3v) is 6.39. The van der Waals surface area contributed by atoms with E-state index in [0.717, 1.165) is 44.3 Å². The van der Waals surface area contributed by atoms with Gasteiger partial charge in [0.15, 0.2) is 0 Å².